The Kier molecular flexibility index (Phi) is 6.46. The van der Waals surface area contributed by atoms with Crippen molar-refractivity contribution in [1.82, 2.24) is 14.7 Å². The molecule has 3 aromatic rings. The molecule has 3 N–H and O–H groups in total. The fraction of sp³-hybridized carbons (Fsp3) is 0.414. The number of nitrogens with two attached hydrogens (primary N) is 1. The Bertz CT molecular complexity index is 1480. The Labute approximate surface area is 224 Å². The van der Waals surface area contributed by atoms with Crippen molar-refractivity contribution in [2.45, 2.75) is 69.4 Å². The minimum Gasteiger partial charge on any atom is -0.384 e. The van der Waals surface area contributed by atoms with Crippen molar-refractivity contribution in [3.63, 3.8) is 0 Å². The van der Waals surface area contributed by atoms with E-state index in [-0.39, 0.29) is 21.9 Å². The van der Waals surface area contributed by atoms with Crippen LogP contribution >= 0.6 is 0 Å². The van der Waals surface area contributed by atoms with Gasteiger partial charge in [0, 0.05) is 23.8 Å². The molecular formula is C29H35N5O3S. The van der Waals surface area contributed by atoms with Gasteiger partial charge < -0.3 is 10.6 Å². The smallest absolute Gasteiger partial charge is 0.281 e. The van der Waals surface area contributed by atoms with Crippen LogP contribution in [0.5, 0.6) is 0 Å². The van der Waals surface area contributed by atoms with E-state index in [4.69, 9.17) is 10.7 Å². The second kappa shape index (κ2) is 9.38. The van der Waals surface area contributed by atoms with Gasteiger partial charge in [0.15, 0.2) is 5.03 Å². The number of hydrogen-bond donors (Lipinski definition) is 2. The number of carbonyl (C=O) groups is 1. The molecule has 1 aliphatic heterocycles. The van der Waals surface area contributed by atoms with Crippen molar-refractivity contribution in [1.29, 1.82) is 0 Å². The maximum Gasteiger partial charge on any atom is 0.281 e. The number of pyridine rings is 2. The van der Waals surface area contributed by atoms with Crippen LogP contribution in [0.3, 0.4) is 0 Å². The summed E-state index contributed by atoms with van der Waals surface area (Å²) >= 11 is 0. The molecule has 0 radical (unpaired) electrons. The quantitative estimate of drug-likeness (QED) is 0.443. The van der Waals surface area contributed by atoms with Gasteiger partial charge in [-0.25, -0.2) is 14.7 Å². The van der Waals surface area contributed by atoms with Gasteiger partial charge in [-0.1, -0.05) is 44.2 Å². The van der Waals surface area contributed by atoms with E-state index in [2.05, 4.69) is 66.6 Å². The molecule has 38 heavy (non-hydrogen) atoms. The Hall–Kier alpha value is -3.46. The minimum absolute atomic E-state index is 0.0528. The van der Waals surface area contributed by atoms with Crippen LogP contribution in [0.15, 0.2) is 59.8 Å². The number of nitrogens with zero attached hydrogens (tertiary/aromatic N) is 3. The van der Waals surface area contributed by atoms with E-state index in [1.807, 2.05) is 0 Å². The zero-order chi connectivity index (χ0) is 27.3. The van der Waals surface area contributed by atoms with Gasteiger partial charge in [-0.2, -0.15) is 8.42 Å². The third-order valence-corrected chi connectivity index (χ3v) is 9.28. The molecule has 2 fully saturated rings. The summed E-state index contributed by atoms with van der Waals surface area (Å²) in [6, 6.07) is 14.4. The predicted octanol–water partition coefficient (Wildman–Crippen LogP) is 4.91. The maximum atomic E-state index is 13.6. The Morgan fingerprint density at radius 3 is 2.42 bits per heavy atom. The fourth-order valence-corrected chi connectivity index (χ4v) is 6.72. The fourth-order valence-electron chi connectivity index (χ4n) is 5.78. The van der Waals surface area contributed by atoms with Gasteiger partial charge in [0.1, 0.15) is 11.6 Å². The lowest BCUT2D eigenvalue weighted by molar-refractivity contribution is 0.0981. The molecular weight excluding hydrogens is 498 g/mol. The van der Waals surface area contributed by atoms with Crippen LogP contribution < -0.4 is 15.4 Å². The maximum absolute atomic E-state index is 13.6. The monoisotopic (exact) mass is 533 g/mol. The summed E-state index contributed by atoms with van der Waals surface area (Å²) in [7, 11) is -4.24. The van der Waals surface area contributed by atoms with E-state index < -0.39 is 15.9 Å². The van der Waals surface area contributed by atoms with Gasteiger partial charge in [0.05, 0.1) is 5.56 Å². The molecule has 1 aromatic carbocycles. The zero-order valence-electron chi connectivity index (χ0n) is 22.4. The molecule has 2 aromatic heterocycles. The van der Waals surface area contributed by atoms with Gasteiger partial charge in [0.25, 0.3) is 15.9 Å². The van der Waals surface area contributed by atoms with Crippen molar-refractivity contribution >= 4 is 27.6 Å². The lowest BCUT2D eigenvalue weighted by Gasteiger charge is -2.33. The van der Waals surface area contributed by atoms with Gasteiger partial charge in [-0.3, -0.25) is 4.79 Å². The van der Waals surface area contributed by atoms with Crippen LogP contribution in [0.25, 0.3) is 11.1 Å². The normalized spacial score (nSPS) is 19.8. The number of anilines is 2. The van der Waals surface area contributed by atoms with Gasteiger partial charge >= 0.3 is 0 Å². The molecule has 9 heteroatoms. The minimum atomic E-state index is -4.24. The van der Waals surface area contributed by atoms with E-state index in [1.54, 1.807) is 12.3 Å². The van der Waals surface area contributed by atoms with E-state index in [0.717, 1.165) is 30.5 Å². The van der Waals surface area contributed by atoms with Crippen molar-refractivity contribution in [2.75, 3.05) is 17.2 Å². The van der Waals surface area contributed by atoms with Gasteiger partial charge in [-0.05, 0) is 80.2 Å². The highest BCUT2D eigenvalue weighted by Gasteiger charge is 2.42. The number of aromatic nitrogens is 2. The average molecular weight is 534 g/mol. The Balaban J connectivity index is 1.53. The highest BCUT2D eigenvalue weighted by Crippen LogP contribution is 2.51. The summed E-state index contributed by atoms with van der Waals surface area (Å²) in [6.45, 7) is 9.33. The molecule has 1 unspecified atom stereocenters. The zero-order valence-corrected chi connectivity index (χ0v) is 23.2. The third-order valence-electron chi connectivity index (χ3n) is 8.05. The lowest BCUT2D eigenvalue weighted by Crippen LogP contribution is -2.41. The molecule has 2 aliphatic rings. The van der Waals surface area contributed by atoms with E-state index >= 15 is 0 Å². The number of nitrogens with one attached hydrogen (secondary N) is 1. The highest BCUT2D eigenvalue weighted by molar-refractivity contribution is 7.90. The van der Waals surface area contributed by atoms with Gasteiger partial charge in [-0.15, -0.1) is 0 Å². The summed E-state index contributed by atoms with van der Waals surface area (Å²) in [4.78, 5) is 24.3. The number of hydrogen-bond acceptors (Lipinski definition) is 7. The van der Waals surface area contributed by atoms with E-state index in [9.17, 15) is 13.2 Å². The second-order valence-electron chi connectivity index (χ2n) is 11.4. The summed E-state index contributed by atoms with van der Waals surface area (Å²) in [5, 5.41) is -0.313. The number of nitrogen functional groups attached to an aromatic ring is 1. The first-order valence-electron chi connectivity index (χ1n) is 13.1. The first kappa shape index (κ1) is 26.2. The summed E-state index contributed by atoms with van der Waals surface area (Å²) < 4.78 is 28.2. The Morgan fingerprint density at radius 1 is 1.13 bits per heavy atom. The number of carbonyl (C=O) groups excluding carboxylic acids is 1. The first-order chi connectivity index (χ1) is 17.9. The van der Waals surface area contributed by atoms with Crippen LogP contribution in [0.2, 0.25) is 0 Å². The highest BCUT2D eigenvalue weighted by atomic mass is 32.2. The summed E-state index contributed by atoms with van der Waals surface area (Å²) in [5.74, 6) is 0.171. The molecule has 0 bridgehead atoms. The van der Waals surface area contributed by atoms with Crippen LogP contribution in [0, 0.1) is 5.92 Å². The Morgan fingerprint density at radius 2 is 1.84 bits per heavy atom. The van der Waals surface area contributed by atoms with E-state index in [1.165, 1.54) is 36.6 Å². The van der Waals surface area contributed by atoms with Gasteiger partial charge in [0.2, 0.25) is 0 Å². The third kappa shape index (κ3) is 4.87. The van der Waals surface area contributed by atoms with Crippen molar-refractivity contribution in [2.24, 2.45) is 5.92 Å². The number of amides is 1. The number of rotatable bonds is 7. The molecule has 1 amide bonds. The first-order valence-corrected chi connectivity index (χ1v) is 14.6. The molecule has 1 saturated carbocycles. The summed E-state index contributed by atoms with van der Waals surface area (Å²) in [5.41, 5.74) is 8.94. The molecule has 0 spiro atoms. The predicted molar refractivity (Wildman–Crippen MR) is 149 cm³/mol. The summed E-state index contributed by atoms with van der Waals surface area (Å²) in [6.07, 6.45) is 6.24. The molecule has 5 rings (SSSR count). The van der Waals surface area contributed by atoms with Crippen molar-refractivity contribution < 1.29 is 13.2 Å². The molecule has 1 atom stereocenters. The van der Waals surface area contributed by atoms with Crippen molar-refractivity contribution in [3.8, 4) is 11.1 Å². The molecule has 200 valence electrons. The number of benzene rings is 1. The van der Waals surface area contributed by atoms with E-state index in [0.29, 0.717) is 17.2 Å². The topological polar surface area (TPSA) is 118 Å². The molecule has 1 saturated heterocycles. The van der Waals surface area contributed by atoms with Crippen LogP contribution in [-0.2, 0) is 15.4 Å². The standard InChI is InChI=1S/C29H35N5O3S/c1-5-29(13-14-29)22-11-9-20(10-12-22)21-15-23(26(31-17-21)34-18-19(2)16-28(34,3)4)27(35)33-38(36,37)25-8-6-7-24(30)32-25/h6-12,15,17,19H,5,13-14,16,18H2,1-4H3,(H2,30,32)(H,33,35). The second-order valence-corrected chi connectivity index (χ2v) is 13.0. The lowest BCUT2D eigenvalue weighted by atomic mass is 9.91. The van der Waals surface area contributed by atoms with Crippen molar-refractivity contribution in [3.05, 3.63) is 65.9 Å². The molecule has 8 nitrogen and oxygen atoms in total. The largest absolute Gasteiger partial charge is 0.384 e. The van der Waals surface area contributed by atoms with Crippen LogP contribution in [0.4, 0.5) is 11.6 Å². The SMILES string of the molecule is CCC1(c2ccc(-c3cnc(N4CC(C)CC4(C)C)c(C(=O)NS(=O)(=O)c4cccc(N)n4)c3)cc2)CC1. The average Bonchev–Trinajstić information content (AvgIpc) is 3.62. The van der Waals surface area contributed by atoms with Crippen LogP contribution in [-0.4, -0.2) is 36.4 Å². The van der Waals surface area contributed by atoms with Crippen LogP contribution in [0.1, 0.15) is 69.3 Å². The molecule has 3 heterocycles. The number of sulfonamides is 1. The molecule has 1 aliphatic carbocycles.